The average Bonchev–Trinajstić information content (AvgIpc) is 1.70. The zero-order chi connectivity index (χ0) is 8.12. The second kappa shape index (κ2) is 71.2. The summed E-state index contributed by atoms with van der Waals surface area (Å²) in [6.45, 7) is 0. The molecule has 0 radical (unpaired) electrons. The molecule has 0 aliphatic heterocycles. The first-order valence-electron chi connectivity index (χ1n) is 1.11. The third kappa shape index (κ3) is 1210. The van der Waals surface area contributed by atoms with Gasteiger partial charge >= 0.3 is 80.9 Å². The Labute approximate surface area is 125 Å². The van der Waals surface area contributed by atoms with Crippen molar-refractivity contribution in [2.24, 2.45) is 16.0 Å². The molecule has 0 heterocycles. The Balaban J connectivity index is -0.0000000150. The minimum absolute atomic E-state index is 0. The van der Waals surface area contributed by atoms with Crippen molar-refractivity contribution in [3.05, 3.63) is 25.1 Å². The zero-order valence-electron chi connectivity index (χ0n) is 5.83. The minimum atomic E-state index is 0. The monoisotopic (exact) mass is 201 g/mol. The topological polar surface area (TPSA) is 155 Å². The fourth-order valence-electron chi connectivity index (χ4n) is 0. The first-order chi connectivity index (χ1) is 4.24. The summed E-state index contributed by atoms with van der Waals surface area (Å²) in [6.07, 6.45) is 0. The van der Waals surface area contributed by atoms with Gasteiger partial charge in [0.15, 0.2) is 5.34 Å². The molecule has 0 rings (SSSR count). The fourth-order valence-corrected chi connectivity index (χ4v) is 0. The Bertz CT molecular complexity index is 54.6. The summed E-state index contributed by atoms with van der Waals surface area (Å²) < 4.78 is 0. The van der Waals surface area contributed by atoms with Gasteiger partial charge in [-0.05, 0) is 0 Å². The van der Waals surface area contributed by atoms with Crippen molar-refractivity contribution in [3.63, 3.8) is 0 Å². The van der Waals surface area contributed by atoms with E-state index < -0.39 is 0 Å². The van der Waals surface area contributed by atoms with Gasteiger partial charge in [0, 0.05) is 0 Å². The summed E-state index contributed by atoms with van der Waals surface area (Å²) in [5, 5.41) is 25.9. The van der Waals surface area contributed by atoms with Crippen LogP contribution in [0.2, 0.25) is 0 Å². The summed E-state index contributed by atoms with van der Waals surface area (Å²) in [5.74, 6) is 0. The summed E-state index contributed by atoms with van der Waals surface area (Å²) in [4.78, 5) is 24.1. The molecule has 0 fully saturated rings. The average molecular weight is 201 g/mol. The first-order valence-corrected chi connectivity index (χ1v) is 1.11. The van der Waals surface area contributed by atoms with E-state index in [0.29, 0.717) is 0 Å². The third-order valence-corrected chi connectivity index (χ3v) is 0. The molecule has 0 saturated carbocycles. The molecule has 0 aliphatic carbocycles. The first kappa shape index (κ1) is 29.7. The zero-order valence-corrected chi connectivity index (χ0v) is 11.0. The number of hydrogen-bond acceptors (Lipinski definition) is 8. The summed E-state index contributed by atoms with van der Waals surface area (Å²) in [5.41, 5.74) is 0. The van der Waals surface area contributed by atoms with Gasteiger partial charge < -0.3 is 25.4 Å². The molecule has 0 unspecified atom stereocenters. The van der Waals surface area contributed by atoms with E-state index in [9.17, 15) is 0 Å². The molecule has 0 saturated heterocycles. The largest absolute Gasteiger partial charge is 1.00 e. The molecule has 0 aromatic carbocycles. The van der Waals surface area contributed by atoms with Gasteiger partial charge in [-0.25, -0.2) is 0 Å². The van der Waals surface area contributed by atoms with Crippen molar-refractivity contribution in [2.45, 2.75) is 0 Å². The molecule has 0 aromatic rings. The second-order valence-electron chi connectivity index (χ2n) is 0.231. The van der Waals surface area contributed by atoms with E-state index in [1.165, 1.54) is 5.34 Å². The second-order valence-corrected chi connectivity index (χ2v) is 0.231. The van der Waals surface area contributed by atoms with Crippen LogP contribution in [0.4, 0.5) is 0 Å². The van der Waals surface area contributed by atoms with Gasteiger partial charge in [0.25, 0.3) is 0 Å². The molecule has 0 atom stereocenters. The van der Waals surface area contributed by atoms with Crippen molar-refractivity contribution < 1.29 is 86.1 Å². The number of nitrogens with zero attached hydrogens (tertiary/aromatic N) is 3. The van der Waals surface area contributed by atoms with Gasteiger partial charge in [-0.15, -0.1) is 15.6 Å². The molecule has 0 aliphatic rings. The van der Waals surface area contributed by atoms with Crippen LogP contribution in [0.25, 0.3) is 0 Å². The molecule has 1 N–H and O–H groups in total. The Kier molecular flexibility index (Phi) is 193. The van der Waals surface area contributed by atoms with Crippen LogP contribution in [0.15, 0.2) is 16.0 Å². The van der Waals surface area contributed by atoms with Gasteiger partial charge in [0.05, 0.1) is 0 Å². The minimum Gasteiger partial charge on any atom is -0.444 e. The molecule has 9 nitrogen and oxygen atoms in total. The maximum atomic E-state index is 8.11. The third-order valence-electron chi connectivity index (χ3n) is 0. The standard InChI is InChI=1S/K.3HNO2.Na/c;3*2-1-3;/h;3*(H,2,3);/q+1;;;;+1/p-2. The smallest absolute Gasteiger partial charge is 0.444 e. The number of hydrogen-bond donors (Lipinski definition) is 1. The van der Waals surface area contributed by atoms with E-state index in [1.54, 1.807) is 0 Å². The fraction of sp³-hybridized carbons (Fsp3) is 0. The number of rotatable bonds is 0. The van der Waals surface area contributed by atoms with E-state index >= 15 is 0 Å². The normalized spacial score (nSPS) is 3.27. The molecule has 54 valence electrons. The van der Waals surface area contributed by atoms with Crippen LogP contribution in [-0.4, -0.2) is 5.21 Å². The molecule has 0 amide bonds. The molecule has 11 heteroatoms. The van der Waals surface area contributed by atoms with Gasteiger partial charge in [-0.1, -0.05) is 0 Å². The van der Waals surface area contributed by atoms with Crippen LogP contribution >= 0.6 is 0 Å². The Morgan fingerprint density at radius 2 is 1.00 bits per heavy atom. The summed E-state index contributed by atoms with van der Waals surface area (Å²) in [7, 11) is 0. The molecule has 0 aromatic heterocycles. The van der Waals surface area contributed by atoms with Crippen molar-refractivity contribution in [3.8, 4) is 0 Å². The van der Waals surface area contributed by atoms with Gasteiger partial charge in [-0.2, -0.15) is 0 Å². The quantitative estimate of drug-likeness (QED) is 0.234. The van der Waals surface area contributed by atoms with Gasteiger partial charge in [-0.3, -0.25) is 0 Å². The maximum Gasteiger partial charge on any atom is 1.00 e. The molecule has 0 bridgehead atoms. The van der Waals surface area contributed by atoms with Gasteiger partial charge in [0.2, 0.25) is 0 Å². The molecule has 11 heavy (non-hydrogen) atoms. The predicted octanol–water partition coefficient (Wildman–Crippen LogP) is -5.35. The van der Waals surface area contributed by atoms with Crippen molar-refractivity contribution in [1.29, 1.82) is 0 Å². The molecular weight excluding hydrogens is 200 g/mol. The SMILES string of the molecule is O=NO.O=N[O-].O=N[O-].[K+].[Na+]. The van der Waals surface area contributed by atoms with E-state index in [1.807, 2.05) is 0 Å². The molecule has 0 spiro atoms. The Hall–Kier alpha value is 0.836. The van der Waals surface area contributed by atoms with E-state index in [2.05, 4.69) is 0 Å². The van der Waals surface area contributed by atoms with Crippen molar-refractivity contribution >= 4 is 0 Å². The molecular formula is HKN3NaO6. The van der Waals surface area contributed by atoms with Gasteiger partial charge in [0.1, 0.15) is 0 Å². The van der Waals surface area contributed by atoms with Crippen LogP contribution in [-0.2, 0) is 0 Å². The van der Waals surface area contributed by atoms with Crippen molar-refractivity contribution in [1.82, 2.24) is 0 Å². The van der Waals surface area contributed by atoms with Crippen LogP contribution in [0, 0.1) is 25.1 Å². The van der Waals surface area contributed by atoms with E-state index in [0.717, 1.165) is 10.7 Å². The van der Waals surface area contributed by atoms with Crippen LogP contribution < -0.4 is 80.9 Å². The van der Waals surface area contributed by atoms with E-state index in [4.69, 9.17) is 30.3 Å². The maximum absolute atomic E-state index is 8.11. The Morgan fingerprint density at radius 3 is 1.00 bits per heavy atom. The summed E-state index contributed by atoms with van der Waals surface area (Å²) in [6, 6.07) is 0. The predicted molar refractivity (Wildman–Crippen MR) is 25.9 cm³/mol. The van der Waals surface area contributed by atoms with E-state index in [-0.39, 0.29) is 80.9 Å². The van der Waals surface area contributed by atoms with Crippen molar-refractivity contribution in [2.75, 3.05) is 0 Å². The van der Waals surface area contributed by atoms with Crippen LogP contribution in [0.3, 0.4) is 0 Å². The van der Waals surface area contributed by atoms with Crippen LogP contribution in [0.5, 0.6) is 0 Å². The van der Waals surface area contributed by atoms with Crippen LogP contribution in [0.1, 0.15) is 0 Å². The summed E-state index contributed by atoms with van der Waals surface area (Å²) >= 11 is 0. The Morgan fingerprint density at radius 1 is 1.00 bits per heavy atom.